The van der Waals surface area contributed by atoms with Crippen molar-refractivity contribution in [3.8, 4) is 11.5 Å². The van der Waals surface area contributed by atoms with Crippen molar-refractivity contribution < 1.29 is 9.53 Å². The number of nitrogen functional groups attached to an aromatic ring is 1. The van der Waals surface area contributed by atoms with Gasteiger partial charge in [0.05, 0.1) is 0 Å². The second-order valence-electron chi connectivity index (χ2n) is 8.11. The van der Waals surface area contributed by atoms with Crippen molar-refractivity contribution in [1.82, 2.24) is 15.3 Å². The van der Waals surface area contributed by atoms with Gasteiger partial charge in [-0.25, -0.2) is 9.97 Å². The molecule has 3 aromatic rings. The number of aldehydes is 1. The van der Waals surface area contributed by atoms with Gasteiger partial charge in [0.2, 0.25) is 0 Å². The molecule has 2 aliphatic rings. The minimum Gasteiger partial charge on any atom is -0.457 e. The molecule has 5 rings (SSSR count). The molecule has 0 bridgehead atoms. The summed E-state index contributed by atoms with van der Waals surface area (Å²) in [7, 11) is 0. The monoisotopic (exact) mass is 430 g/mol. The van der Waals surface area contributed by atoms with E-state index >= 15 is 0 Å². The van der Waals surface area contributed by atoms with Gasteiger partial charge < -0.3 is 25.6 Å². The predicted molar refractivity (Wildman–Crippen MR) is 124 cm³/mol. The molecule has 1 atom stereocenters. The van der Waals surface area contributed by atoms with Crippen molar-refractivity contribution in [3.05, 3.63) is 60.9 Å². The average Bonchev–Trinajstić information content (AvgIpc) is 3.15. The van der Waals surface area contributed by atoms with E-state index in [1.807, 2.05) is 59.5 Å². The number of anilines is 4. The van der Waals surface area contributed by atoms with E-state index in [4.69, 9.17) is 10.5 Å². The van der Waals surface area contributed by atoms with Crippen LogP contribution in [0.4, 0.5) is 23.0 Å². The number of benzene rings is 2. The van der Waals surface area contributed by atoms with Gasteiger partial charge in [-0.1, -0.05) is 18.2 Å². The first-order chi connectivity index (χ1) is 15.7. The Morgan fingerprint density at radius 3 is 2.47 bits per heavy atom. The van der Waals surface area contributed by atoms with Gasteiger partial charge in [-0.15, -0.1) is 0 Å². The molecule has 1 saturated heterocycles. The van der Waals surface area contributed by atoms with Crippen LogP contribution in [0.5, 0.6) is 11.5 Å². The zero-order chi connectivity index (χ0) is 21.9. The van der Waals surface area contributed by atoms with Crippen molar-refractivity contribution in [1.29, 1.82) is 0 Å². The van der Waals surface area contributed by atoms with Crippen LogP contribution in [0.2, 0.25) is 0 Å². The van der Waals surface area contributed by atoms with Gasteiger partial charge in [0, 0.05) is 12.2 Å². The highest BCUT2D eigenvalue weighted by Crippen LogP contribution is 2.45. The molecule has 3 heterocycles. The summed E-state index contributed by atoms with van der Waals surface area (Å²) >= 11 is 0. The minimum atomic E-state index is -0.528. The molecule has 0 radical (unpaired) electrons. The second kappa shape index (κ2) is 8.84. The summed E-state index contributed by atoms with van der Waals surface area (Å²) in [6.07, 6.45) is 4.04. The number of hydrogen-bond donors (Lipinski definition) is 2. The first kappa shape index (κ1) is 20.3. The Hall–Kier alpha value is -3.65. The van der Waals surface area contributed by atoms with Crippen LogP contribution in [0.15, 0.2) is 60.9 Å². The van der Waals surface area contributed by atoms with Crippen LogP contribution in [-0.4, -0.2) is 42.1 Å². The van der Waals surface area contributed by atoms with Gasteiger partial charge >= 0.3 is 0 Å². The fourth-order valence-electron chi connectivity index (χ4n) is 4.47. The maximum atomic E-state index is 12.3. The Balaban J connectivity index is 1.45. The van der Waals surface area contributed by atoms with E-state index in [0.717, 1.165) is 50.2 Å². The molecule has 1 unspecified atom stereocenters. The quantitative estimate of drug-likeness (QED) is 0.575. The summed E-state index contributed by atoms with van der Waals surface area (Å²) in [5, 5.41) is 3.39. The molecule has 0 aliphatic carbocycles. The van der Waals surface area contributed by atoms with Gasteiger partial charge in [0.1, 0.15) is 23.5 Å². The van der Waals surface area contributed by atoms with Crippen molar-refractivity contribution in [2.24, 2.45) is 5.92 Å². The largest absolute Gasteiger partial charge is 0.457 e. The first-order valence-electron chi connectivity index (χ1n) is 10.9. The van der Waals surface area contributed by atoms with Crippen molar-refractivity contribution in [2.45, 2.75) is 19.0 Å². The third kappa shape index (κ3) is 3.85. The molecule has 1 aromatic heterocycles. The summed E-state index contributed by atoms with van der Waals surface area (Å²) in [4.78, 5) is 25.0. The standard InChI is InChI=1S/C24H26N6O2/c25-23-22-24(28-16-27-23)29(14-17-10-12-26-13-11-17)21(15-31)30(22)18-6-8-20(9-7-18)32-19-4-2-1-3-5-19/h1-9,15-17,21,26H,10-14H2,(H2,25,27,28). The Labute approximate surface area is 187 Å². The fourth-order valence-corrected chi connectivity index (χ4v) is 4.47. The molecule has 2 aliphatic heterocycles. The molecule has 0 spiro atoms. The predicted octanol–water partition coefficient (Wildman–Crippen LogP) is 3.33. The van der Waals surface area contributed by atoms with E-state index in [9.17, 15) is 4.79 Å². The van der Waals surface area contributed by atoms with Crippen molar-refractivity contribution in [3.63, 3.8) is 0 Å². The second-order valence-corrected chi connectivity index (χ2v) is 8.11. The van der Waals surface area contributed by atoms with Crippen LogP contribution in [0.1, 0.15) is 12.8 Å². The topological polar surface area (TPSA) is 96.6 Å². The number of para-hydroxylation sites is 1. The lowest BCUT2D eigenvalue weighted by atomic mass is 9.97. The molecule has 0 amide bonds. The summed E-state index contributed by atoms with van der Waals surface area (Å²) in [6, 6.07) is 17.3. The number of hydrogen-bond acceptors (Lipinski definition) is 8. The fraction of sp³-hybridized carbons (Fsp3) is 0.292. The molecule has 2 aromatic carbocycles. The highest BCUT2D eigenvalue weighted by molar-refractivity contribution is 5.93. The molecule has 1 fully saturated rings. The normalized spacial score (nSPS) is 18.4. The Morgan fingerprint density at radius 1 is 1.03 bits per heavy atom. The third-order valence-corrected chi connectivity index (χ3v) is 6.06. The highest BCUT2D eigenvalue weighted by atomic mass is 16.5. The Morgan fingerprint density at radius 2 is 1.75 bits per heavy atom. The third-order valence-electron chi connectivity index (χ3n) is 6.06. The number of ether oxygens (including phenoxy) is 1. The summed E-state index contributed by atoms with van der Waals surface area (Å²) in [5.74, 6) is 3.04. The van der Waals surface area contributed by atoms with Gasteiger partial charge in [0.15, 0.2) is 24.1 Å². The van der Waals surface area contributed by atoms with Crippen LogP contribution < -0.4 is 25.6 Å². The van der Waals surface area contributed by atoms with Crippen molar-refractivity contribution >= 4 is 29.3 Å². The van der Waals surface area contributed by atoms with Crippen LogP contribution in [-0.2, 0) is 4.79 Å². The first-order valence-corrected chi connectivity index (χ1v) is 10.9. The van der Waals surface area contributed by atoms with E-state index in [-0.39, 0.29) is 0 Å². The SMILES string of the molecule is Nc1ncnc2c1N(c1ccc(Oc3ccccc3)cc1)C(C=O)N2CC1CCNCC1. The summed E-state index contributed by atoms with van der Waals surface area (Å²) in [6.45, 7) is 2.74. The molecule has 8 heteroatoms. The maximum Gasteiger partial charge on any atom is 0.165 e. The van der Waals surface area contributed by atoms with Crippen LogP contribution >= 0.6 is 0 Å². The van der Waals surface area contributed by atoms with Crippen LogP contribution in [0, 0.1) is 5.92 Å². The number of fused-ring (bicyclic) bond motifs is 1. The average molecular weight is 431 g/mol. The number of rotatable bonds is 6. The lowest BCUT2D eigenvalue weighted by molar-refractivity contribution is -0.108. The molecule has 164 valence electrons. The number of carbonyl (C=O) groups excluding carboxylic acids is 1. The maximum absolute atomic E-state index is 12.3. The molecule has 32 heavy (non-hydrogen) atoms. The van der Waals surface area contributed by atoms with Crippen molar-refractivity contribution in [2.75, 3.05) is 35.2 Å². The Bertz CT molecular complexity index is 1070. The summed E-state index contributed by atoms with van der Waals surface area (Å²) in [5.41, 5.74) is 7.78. The van der Waals surface area contributed by atoms with E-state index in [1.165, 1.54) is 6.33 Å². The van der Waals surface area contributed by atoms with Gasteiger partial charge in [-0.05, 0) is 68.2 Å². The number of nitrogens with two attached hydrogens (primary N) is 1. The number of aromatic nitrogens is 2. The molecule has 3 N–H and O–H groups in total. The zero-order valence-electron chi connectivity index (χ0n) is 17.7. The molecule has 8 nitrogen and oxygen atoms in total. The van der Waals surface area contributed by atoms with Gasteiger partial charge in [0.25, 0.3) is 0 Å². The van der Waals surface area contributed by atoms with E-state index in [1.54, 1.807) is 0 Å². The smallest absolute Gasteiger partial charge is 0.165 e. The minimum absolute atomic E-state index is 0.360. The molecule has 0 saturated carbocycles. The lowest BCUT2D eigenvalue weighted by Gasteiger charge is -2.32. The highest BCUT2D eigenvalue weighted by Gasteiger charge is 2.40. The Kier molecular flexibility index (Phi) is 5.60. The van der Waals surface area contributed by atoms with Crippen LogP contribution in [0.3, 0.4) is 0 Å². The molecular weight excluding hydrogens is 404 g/mol. The number of nitrogens with one attached hydrogen (secondary N) is 1. The number of piperidine rings is 1. The van der Waals surface area contributed by atoms with Crippen LogP contribution in [0.25, 0.3) is 0 Å². The number of carbonyl (C=O) groups is 1. The van der Waals surface area contributed by atoms with Gasteiger partial charge in [-0.3, -0.25) is 4.79 Å². The van der Waals surface area contributed by atoms with E-state index in [0.29, 0.717) is 29.0 Å². The van der Waals surface area contributed by atoms with E-state index in [2.05, 4.69) is 20.2 Å². The van der Waals surface area contributed by atoms with Gasteiger partial charge in [-0.2, -0.15) is 0 Å². The molecular formula is C24H26N6O2. The lowest BCUT2D eigenvalue weighted by Crippen LogP contribution is -2.46. The number of nitrogens with zero attached hydrogens (tertiary/aromatic N) is 4. The zero-order valence-corrected chi connectivity index (χ0v) is 17.7. The van der Waals surface area contributed by atoms with E-state index < -0.39 is 6.17 Å². The summed E-state index contributed by atoms with van der Waals surface area (Å²) < 4.78 is 5.91.